The maximum atomic E-state index is 11.2. The first-order valence-electron chi connectivity index (χ1n) is 7.56. The number of fused-ring (bicyclic) bond motifs is 8. The Labute approximate surface area is 134 Å². The van der Waals surface area contributed by atoms with Crippen LogP contribution in [0, 0.1) is 4.91 Å². The number of nitrogens with zero attached hydrogens (tertiary/aromatic N) is 3. The van der Waals surface area contributed by atoms with Crippen molar-refractivity contribution in [1.29, 1.82) is 0 Å². The number of pyridine rings is 1. The van der Waals surface area contributed by atoms with Crippen LogP contribution in [0.3, 0.4) is 0 Å². The van der Waals surface area contributed by atoms with Crippen molar-refractivity contribution >= 4 is 27.4 Å². The summed E-state index contributed by atoms with van der Waals surface area (Å²) in [5.41, 5.74) is 3.02. The summed E-state index contributed by atoms with van der Waals surface area (Å²) < 4.78 is 0.834. The zero-order valence-electron chi connectivity index (χ0n) is 12.4. The zero-order chi connectivity index (χ0) is 16.6. The van der Waals surface area contributed by atoms with E-state index in [-0.39, 0.29) is 23.3 Å². The van der Waals surface area contributed by atoms with E-state index in [9.17, 15) is 20.3 Å². The summed E-state index contributed by atoms with van der Waals surface area (Å²) >= 11 is 0. The second-order valence-corrected chi connectivity index (χ2v) is 6.05. The number of aromatic amines is 1. The van der Waals surface area contributed by atoms with Crippen LogP contribution in [0.5, 0.6) is 11.8 Å². The molecule has 0 amide bonds. The van der Waals surface area contributed by atoms with Crippen LogP contribution in [-0.2, 0) is 12.8 Å². The van der Waals surface area contributed by atoms with Gasteiger partial charge in [0.1, 0.15) is 5.69 Å². The molecule has 24 heavy (non-hydrogen) atoms. The second-order valence-electron chi connectivity index (χ2n) is 6.05. The van der Waals surface area contributed by atoms with Crippen molar-refractivity contribution in [3.8, 4) is 23.1 Å². The molecule has 2 aromatic rings. The first-order chi connectivity index (χ1) is 11.6. The highest BCUT2D eigenvalue weighted by Gasteiger charge is 2.31. The lowest BCUT2D eigenvalue weighted by Crippen LogP contribution is -1.97. The van der Waals surface area contributed by atoms with E-state index in [1.165, 1.54) is 12.3 Å². The largest absolute Gasteiger partial charge is 0.494 e. The molecule has 5 rings (SSSR count). The average Bonchev–Trinajstić information content (AvgIpc) is 3.23. The second kappa shape index (κ2) is 4.16. The smallest absolute Gasteiger partial charge is 0.200 e. The molecule has 8 nitrogen and oxygen atoms in total. The minimum atomic E-state index is -0.193. The van der Waals surface area contributed by atoms with E-state index in [1.807, 2.05) is 0 Å². The molecule has 0 bridgehead atoms. The van der Waals surface area contributed by atoms with E-state index in [2.05, 4.69) is 15.1 Å². The highest BCUT2D eigenvalue weighted by molar-refractivity contribution is 6.21. The van der Waals surface area contributed by atoms with Gasteiger partial charge in [-0.15, -0.1) is 4.91 Å². The molecule has 0 unspecified atom stereocenters. The Morgan fingerprint density at radius 3 is 2.67 bits per heavy atom. The number of H-pyrrole nitrogens is 1. The molecule has 1 aromatic heterocycles. The highest BCUT2D eigenvalue weighted by Crippen LogP contribution is 2.50. The van der Waals surface area contributed by atoms with Gasteiger partial charge in [-0.05, 0) is 41.6 Å². The summed E-state index contributed by atoms with van der Waals surface area (Å²) in [4.78, 5) is 18.3. The molecule has 0 saturated heterocycles. The number of hydrogen-bond acceptors (Lipinski definition) is 6. The third kappa shape index (κ3) is 1.36. The van der Waals surface area contributed by atoms with Crippen LogP contribution in [0.15, 0.2) is 17.4 Å². The first-order valence-corrected chi connectivity index (χ1v) is 7.56. The Balaban J connectivity index is 2.16. The van der Waals surface area contributed by atoms with E-state index in [0.717, 1.165) is 35.1 Å². The lowest BCUT2D eigenvalue weighted by molar-refractivity contribution is 0.187. The molecular formula is C16H12N4O4. The van der Waals surface area contributed by atoms with Crippen molar-refractivity contribution in [2.24, 2.45) is 5.18 Å². The van der Waals surface area contributed by atoms with Gasteiger partial charge in [-0.1, -0.05) is 0 Å². The van der Waals surface area contributed by atoms with Crippen LogP contribution in [0.25, 0.3) is 33.1 Å². The molecular weight excluding hydrogens is 312 g/mol. The predicted molar refractivity (Wildman–Crippen MR) is 86.2 cm³/mol. The van der Waals surface area contributed by atoms with E-state index >= 15 is 0 Å². The SMILES string of the molecule is O=Nc1ccn(O)c2nc3c4c(c5c(O)[nH]c(O)c5c3c1-2)CCC4. The van der Waals surface area contributed by atoms with Crippen LogP contribution >= 0.6 is 0 Å². The Morgan fingerprint density at radius 2 is 1.88 bits per heavy atom. The first kappa shape index (κ1) is 13.2. The molecule has 4 N–H and O–H groups in total. The molecule has 0 spiro atoms. The number of aromatic hydroxyl groups is 2. The third-order valence-corrected chi connectivity index (χ3v) is 4.89. The van der Waals surface area contributed by atoms with Gasteiger partial charge in [0.2, 0.25) is 0 Å². The molecule has 2 aliphatic heterocycles. The maximum Gasteiger partial charge on any atom is 0.200 e. The summed E-state index contributed by atoms with van der Waals surface area (Å²) in [5, 5.41) is 35.1. The summed E-state index contributed by atoms with van der Waals surface area (Å²) in [6.45, 7) is 0. The molecule has 0 radical (unpaired) electrons. The Bertz CT molecular complexity index is 1140. The summed E-state index contributed by atoms with van der Waals surface area (Å²) in [7, 11) is 0. The van der Waals surface area contributed by atoms with Crippen molar-refractivity contribution in [1.82, 2.24) is 14.7 Å². The molecule has 8 heteroatoms. The summed E-state index contributed by atoms with van der Waals surface area (Å²) in [5.74, 6) is -0.101. The van der Waals surface area contributed by atoms with Crippen molar-refractivity contribution in [3.63, 3.8) is 0 Å². The van der Waals surface area contributed by atoms with Crippen molar-refractivity contribution < 1.29 is 15.4 Å². The fourth-order valence-electron chi connectivity index (χ4n) is 3.98. The third-order valence-electron chi connectivity index (χ3n) is 4.89. The highest BCUT2D eigenvalue weighted by atomic mass is 16.5. The molecule has 0 fully saturated rings. The lowest BCUT2D eigenvalue weighted by atomic mass is 9.97. The Hall–Kier alpha value is -3.29. The van der Waals surface area contributed by atoms with Gasteiger partial charge in [-0.3, -0.25) is 4.98 Å². The fourth-order valence-corrected chi connectivity index (χ4v) is 3.98. The van der Waals surface area contributed by atoms with Crippen LogP contribution < -0.4 is 0 Å². The van der Waals surface area contributed by atoms with Crippen molar-refractivity contribution in [2.75, 3.05) is 0 Å². The molecule has 3 heterocycles. The maximum absolute atomic E-state index is 11.2. The normalized spacial score (nSPS) is 14.0. The minimum absolute atomic E-state index is 0.106. The number of aryl methyl sites for hydroxylation is 2. The number of benzene rings is 1. The number of hydrogen-bond donors (Lipinski definition) is 4. The standard InChI is InChI=1S/C16H12N4O4/c21-15-9-6-2-1-3-7(6)13-11(12(9)16(22)18-15)10-8(19-23)4-5-20(24)14(10)17-13/h4-5,18,21-22,24H,1-3H2. The Morgan fingerprint density at radius 1 is 1.12 bits per heavy atom. The molecule has 120 valence electrons. The average molecular weight is 324 g/mol. The van der Waals surface area contributed by atoms with Crippen LogP contribution in [0.2, 0.25) is 0 Å². The zero-order valence-corrected chi connectivity index (χ0v) is 12.4. The molecule has 0 atom stereocenters. The van der Waals surface area contributed by atoms with E-state index in [0.29, 0.717) is 27.2 Å². The van der Waals surface area contributed by atoms with Gasteiger partial charge in [0.25, 0.3) is 0 Å². The van der Waals surface area contributed by atoms with Gasteiger partial charge in [-0.25, -0.2) is 4.98 Å². The minimum Gasteiger partial charge on any atom is -0.494 e. The van der Waals surface area contributed by atoms with Gasteiger partial charge < -0.3 is 15.4 Å². The lowest BCUT2D eigenvalue weighted by Gasteiger charge is -2.07. The number of rotatable bonds is 1. The van der Waals surface area contributed by atoms with Crippen LogP contribution in [0.4, 0.5) is 5.69 Å². The molecule has 0 saturated carbocycles. The molecule has 3 aliphatic rings. The van der Waals surface area contributed by atoms with Gasteiger partial charge in [0.05, 0.1) is 21.9 Å². The Kier molecular flexibility index (Phi) is 2.29. The molecule has 1 aliphatic carbocycles. The van der Waals surface area contributed by atoms with Crippen LogP contribution in [-0.4, -0.2) is 30.1 Å². The van der Waals surface area contributed by atoms with E-state index in [4.69, 9.17) is 0 Å². The van der Waals surface area contributed by atoms with Gasteiger partial charge in [0, 0.05) is 11.6 Å². The number of nitrogens with one attached hydrogen (secondary N) is 1. The van der Waals surface area contributed by atoms with Crippen molar-refractivity contribution in [2.45, 2.75) is 19.3 Å². The van der Waals surface area contributed by atoms with Gasteiger partial charge in [0.15, 0.2) is 17.6 Å². The monoisotopic (exact) mass is 324 g/mol. The number of nitroso groups, excluding NO2 is 1. The summed E-state index contributed by atoms with van der Waals surface area (Å²) in [6.07, 6.45) is 3.77. The van der Waals surface area contributed by atoms with E-state index in [1.54, 1.807) is 0 Å². The fraction of sp³-hybridized carbons (Fsp3) is 0.188. The predicted octanol–water partition coefficient (Wildman–Crippen LogP) is 3.16. The van der Waals surface area contributed by atoms with Crippen molar-refractivity contribution in [3.05, 3.63) is 28.3 Å². The summed E-state index contributed by atoms with van der Waals surface area (Å²) in [6, 6.07) is 1.39. The van der Waals surface area contributed by atoms with E-state index < -0.39 is 0 Å². The quantitative estimate of drug-likeness (QED) is 0.316. The van der Waals surface area contributed by atoms with Crippen LogP contribution in [0.1, 0.15) is 17.5 Å². The topological polar surface area (TPSA) is 124 Å². The molecule has 1 aromatic carbocycles. The van der Waals surface area contributed by atoms with Gasteiger partial charge >= 0.3 is 0 Å². The number of aromatic nitrogens is 3. The van der Waals surface area contributed by atoms with Gasteiger partial charge in [-0.2, -0.15) is 4.73 Å².